The van der Waals surface area contributed by atoms with Crippen LogP contribution in [0.3, 0.4) is 0 Å². The van der Waals surface area contributed by atoms with Gasteiger partial charge in [-0.1, -0.05) is 0 Å². The number of aryl methyl sites for hydroxylation is 2. The van der Waals surface area contributed by atoms with Gasteiger partial charge in [0.2, 0.25) is 0 Å². The Hall–Kier alpha value is -3.20. The molecule has 0 bridgehead atoms. The van der Waals surface area contributed by atoms with Crippen molar-refractivity contribution in [2.24, 2.45) is 0 Å². The van der Waals surface area contributed by atoms with Gasteiger partial charge in [0.25, 0.3) is 5.69 Å². The molecule has 9 heteroatoms. The van der Waals surface area contributed by atoms with Crippen LogP contribution < -0.4 is 4.74 Å². The number of methoxy groups -OCH3 is 1. The van der Waals surface area contributed by atoms with Gasteiger partial charge in [-0.05, 0) is 38.5 Å². The van der Waals surface area contributed by atoms with E-state index < -0.39 is 16.9 Å². The van der Waals surface area contributed by atoms with Crippen LogP contribution in [0.25, 0.3) is 0 Å². The van der Waals surface area contributed by atoms with Crippen LogP contribution in [-0.4, -0.2) is 42.2 Å². The first-order chi connectivity index (χ1) is 12.8. The summed E-state index contributed by atoms with van der Waals surface area (Å²) in [6.07, 6.45) is 0. The zero-order valence-electron chi connectivity index (χ0n) is 15.5. The normalized spacial score (nSPS) is 10.5. The summed E-state index contributed by atoms with van der Waals surface area (Å²) in [5, 5.41) is 10.9. The van der Waals surface area contributed by atoms with Crippen molar-refractivity contribution in [3.63, 3.8) is 0 Å². The SMILES string of the molecule is COCCOC(=O)c1c(C)[nH]c(C(=O)Oc2ccc([N+](=O)[O-])c(C)c2)c1C. The number of rotatable bonds is 7. The molecule has 0 unspecified atom stereocenters. The Labute approximate surface area is 155 Å². The smallest absolute Gasteiger partial charge is 0.360 e. The molecule has 0 aliphatic rings. The highest BCUT2D eigenvalue weighted by atomic mass is 16.6. The number of aromatic amines is 1. The number of nitro benzene ring substituents is 1. The molecule has 0 radical (unpaired) electrons. The van der Waals surface area contributed by atoms with Gasteiger partial charge in [-0.2, -0.15) is 0 Å². The van der Waals surface area contributed by atoms with E-state index in [0.29, 0.717) is 16.8 Å². The number of hydrogen-bond donors (Lipinski definition) is 1. The first-order valence-electron chi connectivity index (χ1n) is 8.08. The summed E-state index contributed by atoms with van der Waals surface area (Å²) >= 11 is 0. The Morgan fingerprint density at radius 3 is 2.44 bits per heavy atom. The number of nitrogens with zero attached hydrogens (tertiary/aromatic N) is 1. The molecule has 0 aliphatic heterocycles. The fraction of sp³-hybridized carbons (Fsp3) is 0.333. The average Bonchev–Trinajstić information content (AvgIpc) is 2.89. The second kappa shape index (κ2) is 8.45. The molecule has 2 rings (SSSR count). The Bertz CT molecular complexity index is 886. The van der Waals surface area contributed by atoms with Crippen LogP contribution in [0.5, 0.6) is 5.75 Å². The van der Waals surface area contributed by atoms with Crippen molar-refractivity contribution in [1.82, 2.24) is 4.98 Å². The summed E-state index contributed by atoms with van der Waals surface area (Å²) in [5.41, 5.74) is 1.55. The number of esters is 2. The number of nitro groups is 1. The van der Waals surface area contributed by atoms with Gasteiger partial charge in [-0.15, -0.1) is 0 Å². The van der Waals surface area contributed by atoms with Gasteiger partial charge in [0.1, 0.15) is 18.1 Å². The monoisotopic (exact) mass is 376 g/mol. The van der Waals surface area contributed by atoms with Crippen molar-refractivity contribution in [1.29, 1.82) is 0 Å². The quantitative estimate of drug-likeness (QED) is 0.259. The molecule has 0 aliphatic carbocycles. The first kappa shape index (κ1) is 20.1. The van der Waals surface area contributed by atoms with Crippen molar-refractivity contribution in [3.8, 4) is 5.75 Å². The number of nitrogens with one attached hydrogen (secondary N) is 1. The van der Waals surface area contributed by atoms with E-state index in [1.807, 2.05) is 0 Å². The van der Waals surface area contributed by atoms with E-state index in [2.05, 4.69) is 4.98 Å². The molecular weight excluding hydrogens is 356 g/mol. The third-order valence-corrected chi connectivity index (χ3v) is 3.94. The van der Waals surface area contributed by atoms with E-state index in [4.69, 9.17) is 14.2 Å². The number of hydrogen-bond acceptors (Lipinski definition) is 7. The van der Waals surface area contributed by atoms with Crippen LogP contribution in [0.2, 0.25) is 0 Å². The lowest BCUT2D eigenvalue weighted by Crippen LogP contribution is -2.13. The molecular formula is C18H20N2O7. The molecule has 144 valence electrons. The molecule has 0 saturated carbocycles. The highest BCUT2D eigenvalue weighted by molar-refractivity contribution is 5.99. The molecule has 1 aromatic heterocycles. The largest absolute Gasteiger partial charge is 0.460 e. The minimum atomic E-state index is -0.709. The Morgan fingerprint density at radius 1 is 1.15 bits per heavy atom. The van der Waals surface area contributed by atoms with Crippen LogP contribution in [-0.2, 0) is 9.47 Å². The van der Waals surface area contributed by atoms with E-state index in [-0.39, 0.29) is 35.9 Å². The van der Waals surface area contributed by atoms with Crippen LogP contribution in [0, 0.1) is 30.9 Å². The molecule has 27 heavy (non-hydrogen) atoms. The van der Waals surface area contributed by atoms with Crippen molar-refractivity contribution in [2.45, 2.75) is 20.8 Å². The van der Waals surface area contributed by atoms with Gasteiger partial charge >= 0.3 is 11.9 Å². The lowest BCUT2D eigenvalue weighted by Gasteiger charge is -2.06. The number of benzene rings is 1. The van der Waals surface area contributed by atoms with Crippen molar-refractivity contribution in [2.75, 3.05) is 20.3 Å². The van der Waals surface area contributed by atoms with Crippen LogP contribution in [0.15, 0.2) is 18.2 Å². The molecule has 2 aromatic rings. The third-order valence-electron chi connectivity index (χ3n) is 3.94. The van der Waals surface area contributed by atoms with Gasteiger partial charge in [0, 0.05) is 24.4 Å². The predicted octanol–water partition coefficient (Wildman–Crippen LogP) is 2.87. The maximum atomic E-state index is 12.5. The van der Waals surface area contributed by atoms with Gasteiger partial charge < -0.3 is 19.2 Å². The van der Waals surface area contributed by atoms with E-state index in [1.165, 1.54) is 25.3 Å². The van der Waals surface area contributed by atoms with E-state index >= 15 is 0 Å². The highest BCUT2D eigenvalue weighted by Gasteiger charge is 2.24. The molecule has 0 saturated heterocycles. The average molecular weight is 376 g/mol. The Balaban J connectivity index is 2.20. The fourth-order valence-corrected chi connectivity index (χ4v) is 2.60. The molecule has 0 atom stereocenters. The van der Waals surface area contributed by atoms with Gasteiger partial charge in [0.15, 0.2) is 0 Å². The maximum absolute atomic E-state index is 12.5. The molecule has 0 spiro atoms. The fourth-order valence-electron chi connectivity index (χ4n) is 2.60. The van der Waals surface area contributed by atoms with Crippen molar-refractivity contribution >= 4 is 17.6 Å². The number of ether oxygens (including phenoxy) is 3. The van der Waals surface area contributed by atoms with E-state index in [0.717, 1.165) is 0 Å². The van der Waals surface area contributed by atoms with Crippen LogP contribution >= 0.6 is 0 Å². The molecule has 9 nitrogen and oxygen atoms in total. The first-order valence-corrected chi connectivity index (χ1v) is 8.08. The molecule has 1 heterocycles. The van der Waals surface area contributed by atoms with Gasteiger partial charge in [0.05, 0.1) is 17.1 Å². The summed E-state index contributed by atoms with van der Waals surface area (Å²) < 4.78 is 15.2. The topological polar surface area (TPSA) is 121 Å². The lowest BCUT2D eigenvalue weighted by molar-refractivity contribution is -0.385. The molecule has 1 N–H and O–H groups in total. The summed E-state index contributed by atoms with van der Waals surface area (Å²) in [6.45, 7) is 5.17. The Morgan fingerprint density at radius 2 is 1.85 bits per heavy atom. The number of H-pyrrole nitrogens is 1. The summed E-state index contributed by atoms with van der Waals surface area (Å²) in [7, 11) is 1.49. The lowest BCUT2D eigenvalue weighted by atomic mass is 10.1. The van der Waals surface area contributed by atoms with Crippen molar-refractivity contribution in [3.05, 3.63) is 56.4 Å². The van der Waals surface area contributed by atoms with Gasteiger partial charge in [-0.3, -0.25) is 10.1 Å². The second-order valence-corrected chi connectivity index (χ2v) is 5.85. The molecule has 0 amide bonds. The van der Waals surface area contributed by atoms with E-state index in [9.17, 15) is 19.7 Å². The van der Waals surface area contributed by atoms with E-state index in [1.54, 1.807) is 20.8 Å². The predicted molar refractivity (Wildman–Crippen MR) is 95.2 cm³/mol. The number of aromatic nitrogens is 1. The van der Waals surface area contributed by atoms with Crippen molar-refractivity contribution < 1.29 is 28.7 Å². The third kappa shape index (κ3) is 4.50. The van der Waals surface area contributed by atoms with Crippen LogP contribution in [0.4, 0.5) is 5.69 Å². The minimum Gasteiger partial charge on any atom is -0.460 e. The summed E-state index contributed by atoms with van der Waals surface area (Å²) in [4.78, 5) is 37.8. The summed E-state index contributed by atoms with van der Waals surface area (Å²) in [6, 6.07) is 4.01. The summed E-state index contributed by atoms with van der Waals surface area (Å²) in [5.74, 6) is -1.11. The zero-order valence-corrected chi connectivity index (χ0v) is 15.5. The second-order valence-electron chi connectivity index (χ2n) is 5.85. The van der Waals surface area contributed by atoms with Crippen LogP contribution in [0.1, 0.15) is 37.7 Å². The molecule has 0 fully saturated rings. The standard InChI is InChI=1S/C18H20N2O7/c1-10-9-13(5-6-14(10)20(23)24)27-18(22)16-11(2)15(12(3)19-16)17(21)26-8-7-25-4/h5-6,9,19H,7-8H2,1-4H3. The number of carbonyl (C=O) groups excluding carboxylic acids is 2. The minimum absolute atomic E-state index is 0.0669. The Kier molecular flexibility index (Phi) is 6.30. The highest BCUT2D eigenvalue weighted by Crippen LogP contribution is 2.25. The molecule has 1 aromatic carbocycles. The van der Waals surface area contributed by atoms with Gasteiger partial charge in [-0.25, -0.2) is 9.59 Å². The maximum Gasteiger partial charge on any atom is 0.360 e. The number of carbonyl (C=O) groups is 2. The zero-order chi connectivity index (χ0) is 20.1.